The summed E-state index contributed by atoms with van der Waals surface area (Å²) in [6.45, 7) is 0. The minimum absolute atomic E-state index is 0.282. The van der Waals surface area contributed by atoms with E-state index in [9.17, 15) is 4.79 Å². The lowest BCUT2D eigenvalue weighted by Crippen LogP contribution is -2.12. The fourth-order valence-electron chi connectivity index (χ4n) is 2.29. The number of benzene rings is 2. The zero-order valence-electron chi connectivity index (χ0n) is 12.1. The second-order valence-corrected chi connectivity index (χ2v) is 5.62. The molecule has 3 rings (SSSR count). The Morgan fingerprint density at radius 3 is 2.57 bits per heavy atom. The van der Waals surface area contributed by atoms with Gasteiger partial charge in [-0.25, -0.2) is 0 Å². The first kappa shape index (κ1) is 15.6. The third kappa shape index (κ3) is 3.09. The molecule has 6 heteroatoms. The first-order chi connectivity index (χ1) is 11.1. The van der Waals surface area contributed by atoms with E-state index in [2.05, 4.69) is 10.3 Å². The second-order valence-electron chi connectivity index (χ2n) is 4.80. The SMILES string of the molecule is COc1c(Cl)cc(C(=O)Nc2cccc3ncccc23)cc1Cl. The molecular formula is C17H12Cl2N2O2. The highest BCUT2D eigenvalue weighted by molar-refractivity contribution is 6.37. The van der Waals surface area contributed by atoms with Crippen LogP contribution in [0.2, 0.25) is 10.0 Å². The van der Waals surface area contributed by atoms with E-state index in [0.717, 1.165) is 10.9 Å². The molecule has 0 radical (unpaired) electrons. The summed E-state index contributed by atoms with van der Waals surface area (Å²) in [5, 5.41) is 4.28. The van der Waals surface area contributed by atoms with Crippen LogP contribution >= 0.6 is 23.2 Å². The smallest absolute Gasteiger partial charge is 0.255 e. The quantitative estimate of drug-likeness (QED) is 0.740. The summed E-state index contributed by atoms with van der Waals surface area (Å²) in [7, 11) is 1.47. The van der Waals surface area contributed by atoms with Gasteiger partial charge in [0.25, 0.3) is 5.91 Å². The highest BCUT2D eigenvalue weighted by Gasteiger charge is 2.14. The molecule has 0 saturated carbocycles. The van der Waals surface area contributed by atoms with Gasteiger partial charge in [0.15, 0.2) is 5.75 Å². The van der Waals surface area contributed by atoms with Crippen LogP contribution in [0.1, 0.15) is 10.4 Å². The van der Waals surface area contributed by atoms with Crippen LogP contribution in [-0.2, 0) is 0 Å². The molecule has 23 heavy (non-hydrogen) atoms. The number of anilines is 1. The largest absolute Gasteiger partial charge is 0.494 e. The number of nitrogens with zero attached hydrogens (tertiary/aromatic N) is 1. The number of hydrogen-bond donors (Lipinski definition) is 1. The van der Waals surface area contributed by atoms with E-state index < -0.39 is 0 Å². The van der Waals surface area contributed by atoms with Gasteiger partial charge >= 0.3 is 0 Å². The van der Waals surface area contributed by atoms with E-state index in [1.54, 1.807) is 6.20 Å². The van der Waals surface area contributed by atoms with E-state index in [4.69, 9.17) is 27.9 Å². The van der Waals surface area contributed by atoms with Crippen molar-refractivity contribution in [1.29, 1.82) is 0 Å². The van der Waals surface area contributed by atoms with Gasteiger partial charge in [0.05, 0.1) is 28.4 Å². The molecule has 0 aliphatic carbocycles. The number of halogens is 2. The molecule has 0 atom stereocenters. The van der Waals surface area contributed by atoms with Crippen molar-refractivity contribution >= 4 is 45.7 Å². The summed E-state index contributed by atoms with van der Waals surface area (Å²) in [6, 6.07) is 12.3. The van der Waals surface area contributed by atoms with E-state index in [1.165, 1.54) is 19.2 Å². The molecule has 2 aromatic carbocycles. The van der Waals surface area contributed by atoms with Crippen LogP contribution in [-0.4, -0.2) is 18.0 Å². The number of ether oxygens (including phenoxy) is 1. The lowest BCUT2D eigenvalue weighted by molar-refractivity contribution is 0.102. The standard InChI is InChI=1S/C17H12Cl2N2O2/c1-23-16-12(18)8-10(9-13(16)19)17(22)21-15-6-2-5-14-11(15)4-3-7-20-14/h2-9H,1H3,(H,21,22). The summed E-state index contributed by atoms with van der Waals surface area (Å²) in [4.78, 5) is 16.7. The molecule has 1 N–H and O–H groups in total. The number of carbonyl (C=O) groups excluding carboxylic acids is 1. The third-order valence-corrected chi connectivity index (χ3v) is 3.92. The number of methoxy groups -OCH3 is 1. The van der Waals surface area contributed by atoms with Crippen molar-refractivity contribution < 1.29 is 9.53 Å². The van der Waals surface area contributed by atoms with Crippen LogP contribution in [0.4, 0.5) is 5.69 Å². The van der Waals surface area contributed by atoms with Gasteiger partial charge in [0.2, 0.25) is 0 Å². The topological polar surface area (TPSA) is 51.2 Å². The first-order valence-corrected chi connectivity index (χ1v) is 7.54. The number of amides is 1. The van der Waals surface area contributed by atoms with E-state index in [1.807, 2.05) is 30.3 Å². The summed E-state index contributed by atoms with van der Waals surface area (Å²) < 4.78 is 5.08. The molecule has 0 bridgehead atoms. The number of hydrogen-bond acceptors (Lipinski definition) is 3. The molecule has 0 aliphatic rings. The van der Waals surface area contributed by atoms with Gasteiger partial charge in [-0.15, -0.1) is 0 Å². The van der Waals surface area contributed by atoms with Gasteiger partial charge in [-0.2, -0.15) is 0 Å². The minimum Gasteiger partial charge on any atom is -0.494 e. The average molecular weight is 347 g/mol. The third-order valence-electron chi connectivity index (χ3n) is 3.36. The molecule has 116 valence electrons. The zero-order chi connectivity index (χ0) is 16.4. The number of rotatable bonds is 3. The van der Waals surface area contributed by atoms with Crippen LogP contribution in [0.25, 0.3) is 10.9 Å². The molecule has 1 heterocycles. The van der Waals surface area contributed by atoms with Crippen LogP contribution in [0.3, 0.4) is 0 Å². The molecule has 4 nitrogen and oxygen atoms in total. The van der Waals surface area contributed by atoms with Crippen LogP contribution in [0.15, 0.2) is 48.7 Å². The summed E-state index contributed by atoms with van der Waals surface area (Å²) in [5.74, 6) is 0.0343. The monoisotopic (exact) mass is 346 g/mol. The normalized spacial score (nSPS) is 10.6. The predicted octanol–water partition coefficient (Wildman–Crippen LogP) is 4.80. The van der Waals surface area contributed by atoms with Crippen molar-refractivity contribution in [3.63, 3.8) is 0 Å². The molecule has 0 aliphatic heterocycles. The molecule has 0 spiro atoms. The fraction of sp³-hybridized carbons (Fsp3) is 0.0588. The molecule has 1 aromatic heterocycles. The van der Waals surface area contributed by atoms with Gasteiger partial charge in [0, 0.05) is 17.1 Å². The molecular weight excluding hydrogens is 335 g/mol. The Morgan fingerprint density at radius 1 is 1.13 bits per heavy atom. The van der Waals surface area contributed by atoms with Gasteiger partial charge in [-0.1, -0.05) is 29.3 Å². The Balaban J connectivity index is 1.95. The molecule has 0 saturated heterocycles. The van der Waals surface area contributed by atoms with Crippen molar-refractivity contribution in [3.05, 3.63) is 64.3 Å². The summed E-state index contributed by atoms with van der Waals surface area (Å²) in [6.07, 6.45) is 1.71. The number of carbonyl (C=O) groups is 1. The Hall–Kier alpha value is -2.30. The van der Waals surface area contributed by atoms with Gasteiger partial charge in [-0.3, -0.25) is 9.78 Å². The van der Waals surface area contributed by atoms with E-state index in [0.29, 0.717) is 17.0 Å². The maximum atomic E-state index is 12.5. The Kier molecular flexibility index (Phi) is 4.37. The van der Waals surface area contributed by atoms with Crippen molar-refractivity contribution in [3.8, 4) is 5.75 Å². The lowest BCUT2D eigenvalue weighted by Gasteiger charge is -2.11. The van der Waals surface area contributed by atoms with Crippen molar-refractivity contribution in [1.82, 2.24) is 4.98 Å². The number of fused-ring (bicyclic) bond motifs is 1. The van der Waals surface area contributed by atoms with Crippen molar-refractivity contribution in [2.24, 2.45) is 0 Å². The van der Waals surface area contributed by atoms with Gasteiger partial charge < -0.3 is 10.1 Å². The minimum atomic E-state index is -0.312. The fourth-order valence-corrected chi connectivity index (χ4v) is 2.93. The Labute approximate surface area is 143 Å². The number of nitrogens with one attached hydrogen (secondary N) is 1. The van der Waals surface area contributed by atoms with Crippen LogP contribution in [0.5, 0.6) is 5.75 Å². The van der Waals surface area contributed by atoms with Crippen LogP contribution in [0, 0.1) is 0 Å². The Bertz CT molecular complexity index is 868. The highest BCUT2D eigenvalue weighted by Crippen LogP contribution is 2.34. The maximum absolute atomic E-state index is 12.5. The number of pyridine rings is 1. The molecule has 0 fully saturated rings. The summed E-state index contributed by atoms with van der Waals surface area (Å²) in [5.41, 5.74) is 1.82. The molecule has 0 unspecified atom stereocenters. The number of aromatic nitrogens is 1. The van der Waals surface area contributed by atoms with Gasteiger partial charge in [-0.05, 0) is 36.4 Å². The van der Waals surface area contributed by atoms with Crippen LogP contribution < -0.4 is 10.1 Å². The first-order valence-electron chi connectivity index (χ1n) is 6.78. The Morgan fingerprint density at radius 2 is 1.87 bits per heavy atom. The average Bonchev–Trinajstić information content (AvgIpc) is 2.55. The maximum Gasteiger partial charge on any atom is 0.255 e. The highest BCUT2D eigenvalue weighted by atomic mass is 35.5. The molecule has 3 aromatic rings. The lowest BCUT2D eigenvalue weighted by atomic mass is 10.1. The zero-order valence-corrected chi connectivity index (χ0v) is 13.7. The summed E-state index contributed by atoms with van der Waals surface area (Å²) >= 11 is 12.2. The van der Waals surface area contributed by atoms with E-state index in [-0.39, 0.29) is 16.0 Å². The van der Waals surface area contributed by atoms with Crippen molar-refractivity contribution in [2.75, 3.05) is 12.4 Å². The molecule has 1 amide bonds. The predicted molar refractivity (Wildman–Crippen MR) is 92.7 cm³/mol. The van der Waals surface area contributed by atoms with Crippen molar-refractivity contribution in [2.45, 2.75) is 0 Å². The van der Waals surface area contributed by atoms with Gasteiger partial charge in [0.1, 0.15) is 0 Å². The van der Waals surface area contributed by atoms with E-state index >= 15 is 0 Å². The second kappa shape index (κ2) is 6.44.